The maximum absolute atomic E-state index is 10.1. The number of rotatable bonds is 7. The molecule has 0 aromatic rings. The molecule has 0 aliphatic rings. The van der Waals surface area contributed by atoms with Gasteiger partial charge in [0.25, 0.3) is 0 Å². The van der Waals surface area contributed by atoms with Crippen LogP contribution in [-0.4, -0.2) is 34.9 Å². The van der Waals surface area contributed by atoms with Gasteiger partial charge in [-0.3, -0.25) is 0 Å². The molecule has 0 spiro atoms. The van der Waals surface area contributed by atoms with E-state index in [9.17, 15) is 4.79 Å². The fraction of sp³-hybridized carbons (Fsp3) is 0.938. The van der Waals surface area contributed by atoms with Gasteiger partial charge in [0.15, 0.2) is 0 Å². The van der Waals surface area contributed by atoms with E-state index in [0.717, 1.165) is 12.8 Å². The van der Waals surface area contributed by atoms with Crippen LogP contribution >= 0.6 is 0 Å². The summed E-state index contributed by atoms with van der Waals surface area (Å²) in [5.74, 6) is -1.25. The second kappa shape index (κ2) is 10.8. The Hall–Kier alpha value is -0.890. The number of ether oxygens (including phenoxy) is 1. The Labute approximate surface area is 140 Å². The Balaban J connectivity index is 0. The van der Waals surface area contributed by atoms with Crippen LogP contribution in [0.2, 0.25) is 0 Å². The maximum atomic E-state index is 10.1. The van der Waals surface area contributed by atoms with E-state index >= 15 is 0 Å². The summed E-state index contributed by atoms with van der Waals surface area (Å²) in [7, 11) is 0. The zero-order valence-corrected chi connectivity index (χ0v) is 16.0. The largest absolute Gasteiger partial charge is 0.508 e. The topological polar surface area (TPSA) is 83.5 Å². The molecule has 140 valence electrons. The second-order valence-corrected chi connectivity index (χ2v) is 7.42. The highest BCUT2D eigenvalue weighted by Gasteiger charge is 2.24. The van der Waals surface area contributed by atoms with Gasteiger partial charge in [0.1, 0.15) is 0 Å². The molecule has 0 radical (unpaired) electrons. The third kappa shape index (κ3) is 23.5. The maximum Gasteiger partial charge on any atom is 0.508 e. The molecule has 0 amide bonds. The predicted octanol–water partition coefficient (Wildman–Crippen LogP) is 4.70. The molecule has 0 aromatic heterocycles. The minimum absolute atomic E-state index is 0.215. The quantitative estimate of drug-likeness (QED) is 0.237. The van der Waals surface area contributed by atoms with Crippen molar-refractivity contribution >= 4 is 6.16 Å². The first-order valence-electron chi connectivity index (χ1n) is 7.78. The van der Waals surface area contributed by atoms with Crippen molar-refractivity contribution in [2.75, 3.05) is 6.61 Å². The molecular formula is C16H34O7. The Morgan fingerprint density at radius 2 is 1.30 bits per heavy atom. The van der Waals surface area contributed by atoms with Crippen LogP contribution in [0.3, 0.4) is 0 Å². The van der Waals surface area contributed by atoms with Gasteiger partial charge in [0, 0.05) is 13.8 Å². The average Bonchev–Trinajstić information content (AvgIpc) is 2.30. The van der Waals surface area contributed by atoms with Crippen molar-refractivity contribution in [2.45, 2.75) is 92.1 Å². The Morgan fingerprint density at radius 1 is 0.870 bits per heavy atom. The molecule has 0 saturated carbocycles. The highest BCUT2D eigenvalue weighted by Crippen LogP contribution is 2.14. The van der Waals surface area contributed by atoms with Crippen LogP contribution < -0.4 is 0 Å². The van der Waals surface area contributed by atoms with E-state index in [1.54, 1.807) is 0 Å². The first kappa shape index (κ1) is 24.4. The number of hydrogen-bond donors (Lipinski definition) is 1. The van der Waals surface area contributed by atoms with Gasteiger partial charge in [-0.25, -0.2) is 19.5 Å². The smallest absolute Gasteiger partial charge is 0.450 e. The van der Waals surface area contributed by atoms with E-state index in [1.165, 1.54) is 13.8 Å². The average molecular weight is 338 g/mol. The van der Waals surface area contributed by atoms with Crippen LogP contribution in [0.25, 0.3) is 0 Å². The summed E-state index contributed by atoms with van der Waals surface area (Å²) in [6, 6.07) is 0. The number of carbonyl (C=O) groups is 1. The summed E-state index contributed by atoms with van der Waals surface area (Å²) < 4.78 is 4.39. The van der Waals surface area contributed by atoms with Crippen LogP contribution in [-0.2, 0) is 24.3 Å². The van der Waals surface area contributed by atoms with Crippen molar-refractivity contribution in [3.8, 4) is 0 Å². The van der Waals surface area contributed by atoms with Gasteiger partial charge in [0.05, 0.1) is 17.8 Å². The van der Waals surface area contributed by atoms with Gasteiger partial charge in [0.2, 0.25) is 5.79 Å². The van der Waals surface area contributed by atoms with Crippen LogP contribution in [0.1, 0.15) is 75.2 Å². The zero-order chi connectivity index (χ0) is 18.7. The lowest BCUT2D eigenvalue weighted by Crippen LogP contribution is -2.31. The van der Waals surface area contributed by atoms with Gasteiger partial charge < -0.3 is 9.84 Å². The van der Waals surface area contributed by atoms with Crippen LogP contribution in [0.5, 0.6) is 0 Å². The second-order valence-electron chi connectivity index (χ2n) is 7.42. The van der Waals surface area contributed by atoms with Crippen molar-refractivity contribution < 1.29 is 34.2 Å². The van der Waals surface area contributed by atoms with Crippen molar-refractivity contribution in [3.05, 3.63) is 0 Å². The fourth-order valence-corrected chi connectivity index (χ4v) is 0.864. The Bertz CT molecular complexity index is 299. The Kier molecular flexibility index (Phi) is 11.4. The predicted molar refractivity (Wildman–Crippen MR) is 86.8 cm³/mol. The first-order chi connectivity index (χ1) is 10.2. The standard InChI is InChI=1S/C8H16O5.C8H18O2/c1-4-5-6-11-13-8(2,3)12-7(9)10;1-7(2,3)9-10-8(4,5)6/h4-6H2,1-3H3,(H,9,10);1-6H3. The number of hydrogen-bond acceptors (Lipinski definition) is 6. The van der Waals surface area contributed by atoms with Crippen molar-refractivity contribution in [1.29, 1.82) is 0 Å². The monoisotopic (exact) mass is 338 g/mol. The molecule has 0 aliphatic carbocycles. The molecule has 0 heterocycles. The summed E-state index contributed by atoms with van der Waals surface area (Å²) in [6.07, 6.45) is 0.469. The molecule has 7 heteroatoms. The van der Waals surface area contributed by atoms with Gasteiger partial charge >= 0.3 is 6.16 Å². The molecule has 7 nitrogen and oxygen atoms in total. The van der Waals surface area contributed by atoms with Crippen LogP contribution in [0.15, 0.2) is 0 Å². The zero-order valence-electron chi connectivity index (χ0n) is 16.0. The van der Waals surface area contributed by atoms with Crippen molar-refractivity contribution in [2.24, 2.45) is 0 Å². The van der Waals surface area contributed by atoms with E-state index in [2.05, 4.69) is 4.74 Å². The third-order valence-electron chi connectivity index (χ3n) is 1.72. The molecule has 0 fully saturated rings. The summed E-state index contributed by atoms with van der Waals surface area (Å²) in [5, 5.41) is 8.29. The van der Waals surface area contributed by atoms with Crippen molar-refractivity contribution in [1.82, 2.24) is 0 Å². The lowest BCUT2D eigenvalue weighted by Gasteiger charge is -2.24. The first-order valence-corrected chi connectivity index (χ1v) is 7.78. The van der Waals surface area contributed by atoms with E-state index in [1.807, 2.05) is 48.5 Å². The summed E-state index contributed by atoms with van der Waals surface area (Å²) in [4.78, 5) is 29.8. The van der Waals surface area contributed by atoms with Gasteiger partial charge in [-0.05, 0) is 48.0 Å². The third-order valence-corrected chi connectivity index (χ3v) is 1.72. The summed E-state index contributed by atoms with van der Waals surface area (Å²) in [6.45, 7) is 17.1. The van der Waals surface area contributed by atoms with Crippen LogP contribution in [0, 0.1) is 0 Å². The van der Waals surface area contributed by atoms with Crippen LogP contribution in [0.4, 0.5) is 4.79 Å². The summed E-state index contributed by atoms with van der Waals surface area (Å²) in [5.41, 5.74) is -0.430. The molecule has 0 rings (SSSR count). The highest BCUT2D eigenvalue weighted by atomic mass is 17.2. The molecule has 0 bridgehead atoms. The lowest BCUT2D eigenvalue weighted by atomic mass is 10.2. The molecule has 0 unspecified atom stereocenters. The minimum atomic E-state index is -1.39. The van der Waals surface area contributed by atoms with Crippen molar-refractivity contribution in [3.63, 3.8) is 0 Å². The molecule has 0 aliphatic heterocycles. The van der Waals surface area contributed by atoms with E-state index in [4.69, 9.17) is 24.7 Å². The van der Waals surface area contributed by atoms with Gasteiger partial charge in [-0.15, -0.1) is 0 Å². The van der Waals surface area contributed by atoms with E-state index in [-0.39, 0.29) is 11.2 Å². The molecular weight excluding hydrogens is 304 g/mol. The molecule has 23 heavy (non-hydrogen) atoms. The molecule has 0 aromatic carbocycles. The highest BCUT2D eigenvalue weighted by molar-refractivity contribution is 5.57. The fourth-order valence-electron chi connectivity index (χ4n) is 0.864. The molecule has 0 saturated heterocycles. The van der Waals surface area contributed by atoms with Gasteiger partial charge in [-0.1, -0.05) is 13.3 Å². The summed E-state index contributed by atoms with van der Waals surface area (Å²) >= 11 is 0. The molecule has 0 atom stereocenters. The SMILES string of the molecule is CC(C)(C)OOC(C)(C)C.CCCCOOC(C)(C)OC(=O)O. The molecule has 1 N–H and O–H groups in total. The lowest BCUT2D eigenvalue weighted by molar-refractivity contribution is -0.406. The number of unbranched alkanes of at least 4 members (excludes halogenated alkanes) is 1. The Morgan fingerprint density at radius 3 is 1.61 bits per heavy atom. The minimum Gasteiger partial charge on any atom is -0.450 e. The van der Waals surface area contributed by atoms with E-state index < -0.39 is 11.9 Å². The van der Waals surface area contributed by atoms with E-state index in [0.29, 0.717) is 6.61 Å². The number of carboxylic acid groups (broad SMARTS) is 1. The normalized spacial score (nSPS) is 12.4. The van der Waals surface area contributed by atoms with Gasteiger partial charge in [-0.2, -0.15) is 4.89 Å².